The van der Waals surface area contributed by atoms with E-state index in [0.717, 1.165) is 12.1 Å². The number of carbonyl (C=O) groups excluding carboxylic acids is 1. The maximum absolute atomic E-state index is 13.5. The van der Waals surface area contributed by atoms with E-state index in [1.54, 1.807) is 0 Å². The van der Waals surface area contributed by atoms with Gasteiger partial charge >= 0.3 is 0 Å². The van der Waals surface area contributed by atoms with Gasteiger partial charge in [0.15, 0.2) is 11.6 Å². The summed E-state index contributed by atoms with van der Waals surface area (Å²) in [5.74, 6) is -2.35. The van der Waals surface area contributed by atoms with Crippen LogP contribution >= 0.6 is 0 Å². The highest BCUT2D eigenvalue weighted by atomic mass is 19.2. The molecule has 0 aromatic heterocycles. The normalized spacial score (nSPS) is 13.5. The van der Waals surface area contributed by atoms with Crippen LogP contribution in [-0.2, 0) is 11.3 Å². The predicted octanol–water partition coefficient (Wildman–Crippen LogP) is 2.83. The number of hydrogen-bond donors (Lipinski definition) is 1. The molecule has 1 aliphatic heterocycles. The minimum atomic E-state index is -1.05. The van der Waals surface area contributed by atoms with Crippen molar-refractivity contribution >= 4 is 23.0 Å². The van der Waals surface area contributed by atoms with E-state index in [2.05, 4.69) is 5.32 Å². The molecular formula is C15H11F2N3O3. The van der Waals surface area contributed by atoms with Crippen LogP contribution in [0.5, 0.6) is 0 Å². The Morgan fingerprint density at radius 2 is 1.83 bits per heavy atom. The number of rotatable bonds is 3. The number of fused-ring (bicyclic) bond motifs is 1. The second-order valence-electron chi connectivity index (χ2n) is 5.04. The maximum Gasteiger partial charge on any atom is 0.269 e. The van der Waals surface area contributed by atoms with Gasteiger partial charge in [-0.25, -0.2) is 8.78 Å². The van der Waals surface area contributed by atoms with Gasteiger partial charge in [0, 0.05) is 24.3 Å². The zero-order valence-corrected chi connectivity index (χ0v) is 11.8. The molecule has 0 saturated heterocycles. The van der Waals surface area contributed by atoms with E-state index >= 15 is 0 Å². The zero-order chi connectivity index (χ0) is 16.6. The van der Waals surface area contributed by atoms with Gasteiger partial charge in [-0.1, -0.05) is 12.1 Å². The minimum absolute atomic E-state index is 0.0367. The number of nitrogens with one attached hydrogen (secondary N) is 1. The molecule has 0 saturated carbocycles. The Kier molecular flexibility index (Phi) is 3.65. The van der Waals surface area contributed by atoms with Crippen molar-refractivity contribution in [3.8, 4) is 0 Å². The average Bonchev–Trinajstić information content (AvgIpc) is 2.52. The van der Waals surface area contributed by atoms with Crippen LogP contribution in [0.15, 0.2) is 36.4 Å². The number of benzene rings is 2. The molecule has 0 radical (unpaired) electrons. The van der Waals surface area contributed by atoms with Gasteiger partial charge in [0.2, 0.25) is 5.91 Å². The summed E-state index contributed by atoms with van der Waals surface area (Å²) in [6.45, 7) is 0.0711. The molecule has 1 aliphatic rings. The van der Waals surface area contributed by atoms with Crippen LogP contribution < -0.4 is 10.2 Å². The topological polar surface area (TPSA) is 75.5 Å². The summed E-state index contributed by atoms with van der Waals surface area (Å²) in [5, 5.41) is 13.4. The van der Waals surface area contributed by atoms with Gasteiger partial charge in [-0.3, -0.25) is 14.9 Å². The first-order valence-corrected chi connectivity index (χ1v) is 6.72. The molecule has 0 atom stereocenters. The number of nitrogens with zero attached hydrogens (tertiary/aromatic N) is 2. The summed E-state index contributed by atoms with van der Waals surface area (Å²) < 4.78 is 26.8. The third-order valence-corrected chi connectivity index (χ3v) is 3.55. The highest BCUT2D eigenvalue weighted by molar-refractivity contribution is 6.02. The molecule has 3 rings (SSSR count). The van der Waals surface area contributed by atoms with Crippen molar-refractivity contribution in [1.82, 2.24) is 0 Å². The lowest BCUT2D eigenvalue weighted by Gasteiger charge is -2.30. The van der Waals surface area contributed by atoms with Crippen molar-refractivity contribution in [3.05, 3.63) is 63.7 Å². The highest BCUT2D eigenvalue weighted by Crippen LogP contribution is 2.32. The van der Waals surface area contributed by atoms with Crippen LogP contribution in [-0.4, -0.2) is 17.4 Å². The van der Waals surface area contributed by atoms with E-state index in [1.807, 2.05) is 0 Å². The first-order chi connectivity index (χ1) is 11.0. The van der Waals surface area contributed by atoms with E-state index in [4.69, 9.17) is 0 Å². The molecule has 0 bridgehead atoms. The summed E-state index contributed by atoms with van der Waals surface area (Å²) in [7, 11) is 0. The number of nitro groups is 1. The van der Waals surface area contributed by atoms with Crippen LogP contribution in [0.25, 0.3) is 0 Å². The van der Waals surface area contributed by atoms with Crippen LogP contribution in [0, 0.1) is 21.7 Å². The number of anilines is 2. The average molecular weight is 319 g/mol. The van der Waals surface area contributed by atoms with Gasteiger partial charge in [-0.15, -0.1) is 0 Å². The molecule has 1 N–H and O–H groups in total. The Labute approximate surface area is 129 Å². The third-order valence-electron chi connectivity index (χ3n) is 3.55. The standard InChI is InChI=1S/C15H11F2N3O3/c16-11-5-13-14(6-12(11)17)19(15(21)7-18-13)8-9-1-3-10(4-2-9)20(22)23/h1-6,18H,7-8H2. The van der Waals surface area contributed by atoms with Gasteiger partial charge in [-0.05, 0) is 5.56 Å². The first kappa shape index (κ1) is 14.9. The molecule has 0 fully saturated rings. The molecule has 6 nitrogen and oxygen atoms in total. The summed E-state index contributed by atoms with van der Waals surface area (Å²) in [4.78, 5) is 23.5. The Bertz CT molecular complexity index is 793. The summed E-state index contributed by atoms with van der Waals surface area (Å²) >= 11 is 0. The summed E-state index contributed by atoms with van der Waals surface area (Å²) in [6, 6.07) is 7.66. The largest absolute Gasteiger partial charge is 0.374 e. The summed E-state index contributed by atoms with van der Waals surface area (Å²) in [5.41, 5.74) is 1.14. The van der Waals surface area contributed by atoms with E-state index in [1.165, 1.54) is 29.2 Å². The third kappa shape index (κ3) is 2.83. The van der Waals surface area contributed by atoms with E-state index < -0.39 is 16.6 Å². The maximum atomic E-state index is 13.5. The van der Waals surface area contributed by atoms with E-state index in [9.17, 15) is 23.7 Å². The molecule has 118 valence electrons. The molecule has 23 heavy (non-hydrogen) atoms. The smallest absolute Gasteiger partial charge is 0.269 e. The lowest BCUT2D eigenvalue weighted by molar-refractivity contribution is -0.384. The van der Waals surface area contributed by atoms with Gasteiger partial charge in [-0.2, -0.15) is 0 Å². The highest BCUT2D eigenvalue weighted by Gasteiger charge is 2.26. The number of carbonyl (C=O) groups is 1. The molecular weight excluding hydrogens is 308 g/mol. The Hall–Kier alpha value is -3.03. The molecule has 0 spiro atoms. The molecule has 0 aliphatic carbocycles. The second-order valence-corrected chi connectivity index (χ2v) is 5.04. The van der Waals surface area contributed by atoms with E-state index in [0.29, 0.717) is 11.3 Å². The van der Waals surface area contributed by atoms with Gasteiger partial charge in [0.25, 0.3) is 5.69 Å². The molecule has 1 amide bonds. The predicted molar refractivity (Wildman–Crippen MR) is 79.1 cm³/mol. The van der Waals surface area contributed by atoms with Crippen LogP contribution in [0.3, 0.4) is 0 Å². The van der Waals surface area contributed by atoms with Crippen molar-refractivity contribution in [2.24, 2.45) is 0 Å². The minimum Gasteiger partial charge on any atom is -0.374 e. The number of halogens is 2. The second kappa shape index (κ2) is 5.64. The van der Waals surface area contributed by atoms with Crippen molar-refractivity contribution in [1.29, 1.82) is 0 Å². The van der Waals surface area contributed by atoms with Crippen LogP contribution in [0.1, 0.15) is 5.56 Å². The number of non-ortho nitro benzene ring substituents is 1. The number of amides is 1. The molecule has 2 aromatic carbocycles. The Morgan fingerprint density at radius 3 is 2.48 bits per heavy atom. The van der Waals surface area contributed by atoms with Crippen molar-refractivity contribution < 1.29 is 18.5 Å². The SMILES string of the molecule is O=C1CNc2cc(F)c(F)cc2N1Cc1ccc([N+](=O)[O-])cc1. The zero-order valence-electron chi connectivity index (χ0n) is 11.8. The van der Waals surface area contributed by atoms with Crippen LogP contribution in [0.2, 0.25) is 0 Å². The molecule has 0 unspecified atom stereocenters. The molecule has 8 heteroatoms. The lowest BCUT2D eigenvalue weighted by Crippen LogP contribution is -2.39. The van der Waals surface area contributed by atoms with Crippen molar-refractivity contribution in [3.63, 3.8) is 0 Å². The number of hydrogen-bond acceptors (Lipinski definition) is 4. The van der Waals surface area contributed by atoms with Gasteiger partial charge in [0.1, 0.15) is 0 Å². The fourth-order valence-electron chi connectivity index (χ4n) is 2.38. The Balaban J connectivity index is 1.92. The Morgan fingerprint density at radius 1 is 1.17 bits per heavy atom. The fourth-order valence-corrected chi connectivity index (χ4v) is 2.38. The quantitative estimate of drug-likeness (QED) is 0.697. The van der Waals surface area contributed by atoms with Crippen LogP contribution in [0.4, 0.5) is 25.8 Å². The van der Waals surface area contributed by atoms with Gasteiger partial charge < -0.3 is 10.2 Å². The summed E-state index contributed by atoms with van der Waals surface area (Å²) in [6.07, 6.45) is 0. The van der Waals surface area contributed by atoms with Crippen molar-refractivity contribution in [2.45, 2.75) is 6.54 Å². The van der Waals surface area contributed by atoms with Gasteiger partial charge in [0.05, 0.1) is 29.4 Å². The van der Waals surface area contributed by atoms with Crippen molar-refractivity contribution in [2.75, 3.05) is 16.8 Å². The molecule has 1 heterocycles. The molecule has 2 aromatic rings. The lowest BCUT2D eigenvalue weighted by atomic mass is 10.1. The van der Waals surface area contributed by atoms with E-state index in [-0.39, 0.29) is 30.4 Å². The monoisotopic (exact) mass is 319 g/mol. The fraction of sp³-hybridized carbons (Fsp3) is 0.133. The first-order valence-electron chi connectivity index (χ1n) is 6.72. The number of nitro benzene ring substituents is 1.